The van der Waals surface area contributed by atoms with E-state index in [2.05, 4.69) is 36.3 Å². The van der Waals surface area contributed by atoms with Gasteiger partial charge in [-0.25, -0.2) is 4.68 Å². The summed E-state index contributed by atoms with van der Waals surface area (Å²) in [6.45, 7) is 7.66. The Morgan fingerprint density at radius 2 is 2.00 bits per heavy atom. The van der Waals surface area contributed by atoms with E-state index in [9.17, 15) is 4.79 Å². The monoisotopic (exact) mass is 329 g/mol. The quantitative estimate of drug-likeness (QED) is 0.857. The lowest BCUT2D eigenvalue weighted by molar-refractivity contribution is -0.157. The lowest BCUT2D eigenvalue weighted by atomic mass is 9.87. The van der Waals surface area contributed by atoms with Crippen molar-refractivity contribution in [3.05, 3.63) is 42.2 Å². The van der Waals surface area contributed by atoms with Gasteiger partial charge in [-0.2, -0.15) is 0 Å². The number of hydrogen-bond donors (Lipinski definition) is 0. The van der Waals surface area contributed by atoms with Crippen molar-refractivity contribution in [3.63, 3.8) is 0 Å². The van der Waals surface area contributed by atoms with E-state index < -0.39 is 0 Å². The normalized spacial score (nSPS) is 21.7. The van der Waals surface area contributed by atoms with Crippen molar-refractivity contribution in [2.45, 2.75) is 39.5 Å². The summed E-state index contributed by atoms with van der Waals surface area (Å²) in [7, 11) is 0. The molecule has 0 N–H and O–H groups in total. The molecular weight excluding hydrogens is 306 g/mol. The van der Waals surface area contributed by atoms with Crippen molar-refractivity contribution in [2.24, 2.45) is 5.41 Å². The van der Waals surface area contributed by atoms with Crippen LogP contribution in [-0.2, 0) is 16.1 Å². The number of morpholine rings is 1. The van der Waals surface area contributed by atoms with Gasteiger partial charge in [-0.1, -0.05) is 51.1 Å². The molecule has 0 bridgehead atoms. The zero-order valence-electron chi connectivity index (χ0n) is 14.3. The standard InChI is InChI=1S/C17H23N5O2/c1-17(2,3)15-10-21(16(23)11-22-12-18-19-20-22)9-14(24-15)13-7-5-4-6-8-13/h4-8,12,14-15H,9-11H2,1-3H3/t14-,15+/m0/s1. The van der Waals surface area contributed by atoms with Crippen molar-refractivity contribution in [2.75, 3.05) is 13.1 Å². The Balaban J connectivity index is 1.79. The van der Waals surface area contributed by atoms with Crippen molar-refractivity contribution < 1.29 is 9.53 Å². The first-order valence-corrected chi connectivity index (χ1v) is 8.12. The number of rotatable bonds is 3. The molecule has 0 aliphatic carbocycles. The number of benzene rings is 1. The molecule has 0 radical (unpaired) electrons. The van der Waals surface area contributed by atoms with Crippen LogP contribution in [0.2, 0.25) is 0 Å². The molecule has 24 heavy (non-hydrogen) atoms. The van der Waals surface area contributed by atoms with Crippen LogP contribution in [0.5, 0.6) is 0 Å². The highest BCUT2D eigenvalue weighted by molar-refractivity contribution is 5.76. The van der Waals surface area contributed by atoms with Gasteiger partial charge in [0.1, 0.15) is 19.0 Å². The summed E-state index contributed by atoms with van der Waals surface area (Å²) in [5.74, 6) is 0.000723. The van der Waals surface area contributed by atoms with Crippen LogP contribution in [0, 0.1) is 5.41 Å². The lowest BCUT2D eigenvalue weighted by Crippen LogP contribution is -2.51. The van der Waals surface area contributed by atoms with Gasteiger partial charge in [0.25, 0.3) is 0 Å². The van der Waals surface area contributed by atoms with Gasteiger partial charge < -0.3 is 9.64 Å². The highest BCUT2D eigenvalue weighted by Gasteiger charge is 2.37. The number of nitrogens with zero attached hydrogens (tertiary/aromatic N) is 5. The smallest absolute Gasteiger partial charge is 0.244 e. The molecule has 3 rings (SSSR count). The molecule has 1 saturated heterocycles. The number of tetrazole rings is 1. The largest absolute Gasteiger partial charge is 0.366 e. The van der Waals surface area contributed by atoms with E-state index in [1.165, 1.54) is 11.0 Å². The zero-order chi connectivity index (χ0) is 17.2. The Morgan fingerprint density at radius 3 is 2.62 bits per heavy atom. The summed E-state index contributed by atoms with van der Waals surface area (Å²) in [4.78, 5) is 14.5. The van der Waals surface area contributed by atoms with Crippen molar-refractivity contribution in [3.8, 4) is 0 Å². The topological polar surface area (TPSA) is 73.1 Å². The van der Waals surface area contributed by atoms with E-state index in [0.717, 1.165) is 5.56 Å². The fourth-order valence-electron chi connectivity index (χ4n) is 2.78. The molecule has 1 aromatic carbocycles. The van der Waals surface area contributed by atoms with E-state index in [0.29, 0.717) is 13.1 Å². The first-order valence-electron chi connectivity index (χ1n) is 8.12. The third kappa shape index (κ3) is 3.79. The molecule has 1 aliphatic heterocycles. The molecule has 7 nitrogen and oxygen atoms in total. The summed E-state index contributed by atoms with van der Waals surface area (Å²) < 4.78 is 7.76. The van der Waals surface area contributed by atoms with Gasteiger partial charge in [-0.15, -0.1) is 5.10 Å². The van der Waals surface area contributed by atoms with Crippen LogP contribution >= 0.6 is 0 Å². The first kappa shape index (κ1) is 16.6. The molecular formula is C17H23N5O2. The number of aromatic nitrogens is 4. The first-order chi connectivity index (χ1) is 11.4. The highest BCUT2D eigenvalue weighted by Crippen LogP contribution is 2.33. The predicted octanol–water partition coefficient (Wildman–Crippen LogP) is 1.69. The Kier molecular flexibility index (Phi) is 4.62. The molecule has 2 heterocycles. The van der Waals surface area contributed by atoms with Gasteiger partial charge in [0.2, 0.25) is 5.91 Å². The van der Waals surface area contributed by atoms with Gasteiger partial charge in [0.15, 0.2) is 0 Å². The fraction of sp³-hybridized carbons (Fsp3) is 0.529. The van der Waals surface area contributed by atoms with Crippen LogP contribution in [0.3, 0.4) is 0 Å². The maximum absolute atomic E-state index is 12.7. The van der Waals surface area contributed by atoms with E-state index in [1.54, 1.807) is 0 Å². The van der Waals surface area contributed by atoms with Crippen molar-refractivity contribution in [1.29, 1.82) is 0 Å². The number of amides is 1. The van der Waals surface area contributed by atoms with Gasteiger partial charge in [-0.05, 0) is 21.4 Å². The second kappa shape index (κ2) is 6.68. The molecule has 0 unspecified atom stereocenters. The Bertz CT molecular complexity index is 666. The van der Waals surface area contributed by atoms with Crippen LogP contribution in [0.1, 0.15) is 32.4 Å². The molecule has 2 atom stereocenters. The Morgan fingerprint density at radius 1 is 1.25 bits per heavy atom. The second-order valence-electron chi connectivity index (χ2n) is 7.20. The highest BCUT2D eigenvalue weighted by atomic mass is 16.5. The zero-order valence-corrected chi connectivity index (χ0v) is 14.3. The summed E-state index contributed by atoms with van der Waals surface area (Å²) in [5, 5.41) is 10.9. The fourth-order valence-corrected chi connectivity index (χ4v) is 2.78. The summed E-state index contributed by atoms with van der Waals surface area (Å²) in [6.07, 6.45) is 1.30. The average Bonchev–Trinajstić information content (AvgIpc) is 3.07. The van der Waals surface area contributed by atoms with Crippen molar-refractivity contribution >= 4 is 5.91 Å². The molecule has 7 heteroatoms. The van der Waals surface area contributed by atoms with Crippen LogP contribution < -0.4 is 0 Å². The van der Waals surface area contributed by atoms with Crippen molar-refractivity contribution in [1.82, 2.24) is 25.1 Å². The number of carbonyl (C=O) groups is 1. The van der Waals surface area contributed by atoms with Crippen LogP contribution in [0.4, 0.5) is 0 Å². The maximum Gasteiger partial charge on any atom is 0.244 e. The van der Waals surface area contributed by atoms with Crippen LogP contribution in [0.25, 0.3) is 0 Å². The van der Waals surface area contributed by atoms with Gasteiger partial charge in [0.05, 0.1) is 12.6 Å². The SMILES string of the molecule is CC(C)(C)[C@H]1CN(C(=O)Cn2cnnn2)C[C@@H](c2ccccc2)O1. The lowest BCUT2D eigenvalue weighted by Gasteiger charge is -2.43. The second-order valence-corrected chi connectivity index (χ2v) is 7.20. The molecule has 1 fully saturated rings. The average molecular weight is 329 g/mol. The third-order valence-corrected chi connectivity index (χ3v) is 4.28. The summed E-state index contributed by atoms with van der Waals surface area (Å²) in [5.41, 5.74) is 1.03. The molecule has 0 spiro atoms. The molecule has 1 aliphatic rings. The Labute approximate surface area is 141 Å². The van der Waals surface area contributed by atoms with Gasteiger partial charge >= 0.3 is 0 Å². The van der Waals surface area contributed by atoms with Gasteiger partial charge in [-0.3, -0.25) is 4.79 Å². The maximum atomic E-state index is 12.7. The summed E-state index contributed by atoms with van der Waals surface area (Å²) >= 11 is 0. The third-order valence-electron chi connectivity index (χ3n) is 4.28. The molecule has 1 aromatic heterocycles. The minimum Gasteiger partial charge on any atom is -0.366 e. The minimum atomic E-state index is -0.123. The minimum absolute atomic E-state index is 0.000723. The molecule has 128 valence electrons. The van der Waals surface area contributed by atoms with E-state index >= 15 is 0 Å². The Hall–Kier alpha value is -2.28. The predicted molar refractivity (Wildman–Crippen MR) is 87.9 cm³/mol. The number of hydrogen-bond acceptors (Lipinski definition) is 5. The van der Waals surface area contributed by atoms with Crippen LogP contribution in [0.15, 0.2) is 36.7 Å². The molecule has 2 aromatic rings. The van der Waals surface area contributed by atoms with E-state index in [1.807, 2.05) is 35.2 Å². The molecule has 1 amide bonds. The number of ether oxygens (including phenoxy) is 1. The molecule has 0 saturated carbocycles. The van der Waals surface area contributed by atoms with Gasteiger partial charge in [0, 0.05) is 6.54 Å². The summed E-state index contributed by atoms with van der Waals surface area (Å²) in [6, 6.07) is 10.0. The van der Waals surface area contributed by atoms with Crippen LogP contribution in [-0.4, -0.2) is 50.2 Å². The number of carbonyl (C=O) groups excluding carboxylic acids is 1. The van der Waals surface area contributed by atoms with E-state index in [4.69, 9.17) is 4.74 Å². The van der Waals surface area contributed by atoms with E-state index in [-0.39, 0.29) is 30.1 Å².